The van der Waals surface area contributed by atoms with E-state index in [0.717, 1.165) is 31.2 Å². The summed E-state index contributed by atoms with van der Waals surface area (Å²) in [6.07, 6.45) is 7.89. The zero-order valence-electron chi connectivity index (χ0n) is 13.0. The number of nitrogens with zero attached hydrogens (tertiary/aromatic N) is 4. The number of ether oxygens (including phenoxy) is 1. The molecular formula is C15H22N6O2. The molecule has 0 unspecified atom stereocenters. The van der Waals surface area contributed by atoms with E-state index in [1.807, 2.05) is 4.57 Å². The Hall–Kier alpha value is -1.93. The second kappa shape index (κ2) is 5.93. The topological polar surface area (TPSA) is 111 Å². The lowest BCUT2D eigenvalue weighted by Crippen LogP contribution is -2.17. The molecule has 1 aliphatic carbocycles. The summed E-state index contributed by atoms with van der Waals surface area (Å²) >= 11 is 0. The van der Waals surface area contributed by atoms with Crippen LogP contribution < -0.4 is 11.1 Å². The van der Waals surface area contributed by atoms with Crippen molar-refractivity contribution in [2.45, 2.75) is 56.9 Å². The highest BCUT2D eigenvalue weighted by atomic mass is 16.5. The number of hydrogen-bond donors (Lipinski definition) is 3. The van der Waals surface area contributed by atoms with E-state index in [0.29, 0.717) is 17.5 Å². The van der Waals surface area contributed by atoms with Crippen molar-refractivity contribution < 1.29 is 9.84 Å². The number of hydrogen-bond acceptors (Lipinski definition) is 7. The number of aliphatic hydroxyl groups excluding tert-OH is 1. The monoisotopic (exact) mass is 318 g/mol. The molecule has 0 amide bonds. The number of fused-ring (bicyclic) bond motifs is 1. The normalized spacial score (nSPS) is 25.4. The molecule has 2 aliphatic rings. The van der Waals surface area contributed by atoms with Gasteiger partial charge in [0.15, 0.2) is 17.0 Å². The third kappa shape index (κ3) is 2.72. The molecule has 0 spiro atoms. The Morgan fingerprint density at radius 1 is 1.26 bits per heavy atom. The Kier molecular flexibility index (Phi) is 3.78. The Balaban J connectivity index is 1.67. The molecule has 2 fully saturated rings. The Bertz CT molecular complexity index is 697. The minimum Gasteiger partial charge on any atom is -0.394 e. The fourth-order valence-electron chi connectivity index (χ4n) is 3.53. The first-order valence-electron chi connectivity index (χ1n) is 8.27. The summed E-state index contributed by atoms with van der Waals surface area (Å²) < 4.78 is 7.72. The highest BCUT2D eigenvalue weighted by Gasteiger charge is 2.28. The van der Waals surface area contributed by atoms with Gasteiger partial charge >= 0.3 is 0 Å². The molecule has 1 saturated heterocycles. The van der Waals surface area contributed by atoms with Crippen LogP contribution in [0.25, 0.3) is 11.2 Å². The van der Waals surface area contributed by atoms with Gasteiger partial charge in [-0.1, -0.05) is 12.8 Å². The number of aliphatic hydroxyl groups is 1. The van der Waals surface area contributed by atoms with Crippen LogP contribution in [0.15, 0.2) is 6.33 Å². The quantitative estimate of drug-likeness (QED) is 0.782. The zero-order chi connectivity index (χ0) is 15.8. The van der Waals surface area contributed by atoms with Gasteiger partial charge in [0.05, 0.1) is 19.0 Å². The maximum absolute atomic E-state index is 9.24. The number of nitrogen functional groups attached to an aromatic ring is 1. The summed E-state index contributed by atoms with van der Waals surface area (Å²) in [7, 11) is 0. The van der Waals surface area contributed by atoms with Crippen LogP contribution in [0.1, 0.15) is 44.8 Å². The second-order valence-corrected chi connectivity index (χ2v) is 6.35. The molecule has 2 aromatic rings. The Morgan fingerprint density at radius 3 is 2.83 bits per heavy atom. The molecule has 2 aromatic heterocycles. The zero-order valence-corrected chi connectivity index (χ0v) is 13.0. The number of nitrogens with two attached hydrogens (primary N) is 1. The van der Waals surface area contributed by atoms with Crippen LogP contribution in [0.2, 0.25) is 0 Å². The van der Waals surface area contributed by atoms with Crippen molar-refractivity contribution in [2.75, 3.05) is 17.7 Å². The molecule has 2 atom stereocenters. The molecule has 8 heteroatoms. The van der Waals surface area contributed by atoms with Crippen LogP contribution in [-0.2, 0) is 4.74 Å². The van der Waals surface area contributed by atoms with Gasteiger partial charge in [-0.25, -0.2) is 4.98 Å². The summed E-state index contributed by atoms with van der Waals surface area (Å²) in [5.74, 6) is 0.936. The predicted octanol–water partition coefficient (Wildman–Crippen LogP) is 1.43. The summed E-state index contributed by atoms with van der Waals surface area (Å²) in [6.45, 7) is 0.0364. The molecule has 0 radical (unpaired) electrons. The molecule has 0 aromatic carbocycles. The van der Waals surface area contributed by atoms with Gasteiger partial charge < -0.3 is 20.9 Å². The van der Waals surface area contributed by atoms with Gasteiger partial charge in [0.1, 0.15) is 6.23 Å². The average molecular weight is 318 g/mol. The number of anilines is 2. The summed E-state index contributed by atoms with van der Waals surface area (Å²) in [5, 5.41) is 12.7. The smallest absolute Gasteiger partial charge is 0.224 e. The van der Waals surface area contributed by atoms with E-state index in [2.05, 4.69) is 20.3 Å². The van der Waals surface area contributed by atoms with Crippen LogP contribution in [-0.4, -0.2) is 43.4 Å². The minimum absolute atomic E-state index is 0.0364. The van der Waals surface area contributed by atoms with E-state index in [1.54, 1.807) is 6.33 Å². The van der Waals surface area contributed by atoms with Crippen molar-refractivity contribution in [1.82, 2.24) is 19.5 Å². The third-order valence-corrected chi connectivity index (χ3v) is 4.73. The van der Waals surface area contributed by atoms with Gasteiger partial charge in [0.2, 0.25) is 5.95 Å². The highest BCUT2D eigenvalue weighted by molar-refractivity contribution is 5.84. The van der Waals surface area contributed by atoms with E-state index in [-0.39, 0.29) is 24.9 Å². The van der Waals surface area contributed by atoms with Crippen molar-refractivity contribution in [3.05, 3.63) is 6.33 Å². The van der Waals surface area contributed by atoms with E-state index < -0.39 is 0 Å². The minimum atomic E-state index is -0.161. The molecule has 1 aliphatic heterocycles. The second-order valence-electron chi connectivity index (χ2n) is 6.35. The Morgan fingerprint density at radius 2 is 2.09 bits per heavy atom. The third-order valence-electron chi connectivity index (χ3n) is 4.73. The summed E-state index contributed by atoms with van der Waals surface area (Å²) in [5.41, 5.74) is 7.30. The largest absolute Gasteiger partial charge is 0.394 e. The van der Waals surface area contributed by atoms with Crippen LogP contribution in [0, 0.1) is 0 Å². The standard InChI is InChI=1S/C15H22N6O2/c16-15-19-13(18-9-3-1-2-4-9)12-14(20-15)21(8-17-12)11-6-5-10(7-22)23-11/h8-11,22H,1-7H2,(H3,16,18,19,20)/t10-,11+/m0/s1. The van der Waals surface area contributed by atoms with Gasteiger partial charge in [0, 0.05) is 6.04 Å². The van der Waals surface area contributed by atoms with Crippen molar-refractivity contribution >= 4 is 22.9 Å². The van der Waals surface area contributed by atoms with Crippen molar-refractivity contribution in [1.29, 1.82) is 0 Å². The molecule has 0 bridgehead atoms. The lowest BCUT2D eigenvalue weighted by molar-refractivity contribution is -0.0207. The lowest BCUT2D eigenvalue weighted by atomic mass is 10.2. The number of imidazole rings is 1. The maximum atomic E-state index is 9.24. The van der Waals surface area contributed by atoms with Gasteiger partial charge in [-0.05, 0) is 25.7 Å². The predicted molar refractivity (Wildman–Crippen MR) is 85.8 cm³/mol. The average Bonchev–Trinajstić information content (AvgIpc) is 3.26. The van der Waals surface area contributed by atoms with Crippen molar-refractivity contribution in [3.63, 3.8) is 0 Å². The van der Waals surface area contributed by atoms with Crippen LogP contribution in [0.3, 0.4) is 0 Å². The van der Waals surface area contributed by atoms with E-state index in [9.17, 15) is 5.11 Å². The molecule has 1 saturated carbocycles. The summed E-state index contributed by atoms with van der Waals surface area (Å²) in [6, 6.07) is 0.430. The van der Waals surface area contributed by atoms with Gasteiger partial charge in [-0.15, -0.1) is 0 Å². The molecule has 4 N–H and O–H groups in total. The SMILES string of the molecule is Nc1nc(NC2CCCC2)c2ncn([C@H]3CC[C@@H](CO)O3)c2n1. The first-order valence-corrected chi connectivity index (χ1v) is 8.27. The molecular weight excluding hydrogens is 296 g/mol. The molecule has 23 heavy (non-hydrogen) atoms. The molecule has 124 valence electrons. The maximum Gasteiger partial charge on any atom is 0.224 e. The fraction of sp³-hybridized carbons (Fsp3) is 0.667. The van der Waals surface area contributed by atoms with Crippen LogP contribution in [0.4, 0.5) is 11.8 Å². The summed E-state index contributed by atoms with van der Waals surface area (Å²) in [4.78, 5) is 13.2. The van der Waals surface area contributed by atoms with E-state index >= 15 is 0 Å². The Labute approximate surface area is 134 Å². The highest BCUT2D eigenvalue weighted by Crippen LogP contribution is 2.32. The van der Waals surface area contributed by atoms with Crippen molar-refractivity contribution in [2.24, 2.45) is 0 Å². The molecule has 8 nitrogen and oxygen atoms in total. The van der Waals surface area contributed by atoms with Crippen LogP contribution >= 0.6 is 0 Å². The van der Waals surface area contributed by atoms with Crippen molar-refractivity contribution in [3.8, 4) is 0 Å². The van der Waals surface area contributed by atoms with Gasteiger partial charge in [-0.3, -0.25) is 4.57 Å². The first-order chi connectivity index (χ1) is 11.2. The van der Waals surface area contributed by atoms with Gasteiger partial charge in [-0.2, -0.15) is 9.97 Å². The van der Waals surface area contributed by atoms with E-state index in [1.165, 1.54) is 12.8 Å². The van der Waals surface area contributed by atoms with Gasteiger partial charge in [0.25, 0.3) is 0 Å². The lowest BCUT2D eigenvalue weighted by Gasteiger charge is -2.15. The first kappa shape index (κ1) is 14.6. The number of aromatic nitrogens is 4. The fourth-order valence-corrected chi connectivity index (χ4v) is 3.53. The van der Waals surface area contributed by atoms with E-state index in [4.69, 9.17) is 10.5 Å². The number of rotatable bonds is 4. The van der Waals surface area contributed by atoms with Crippen LogP contribution in [0.5, 0.6) is 0 Å². The number of nitrogens with one attached hydrogen (secondary N) is 1. The molecule has 3 heterocycles. The molecule has 4 rings (SSSR count).